The Balaban J connectivity index is 1.10. The minimum atomic E-state index is -3.53. The summed E-state index contributed by atoms with van der Waals surface area (Å²) >= 11 is 7.83. The lowest BCUT2D eigenvalue weighted by Crippen LogP contribution is -2.14. The predicted molar refractivity (Wildman–Crippen MR) is 177 cm³/mol. The largest absolute Gasteiger partial charge is 0.487 e. The molecule has 0 unspecified atom stereocenters. The molecule has 6 rings (SSSR count). The topological polar surface area (TPSA) is 116 Å². The van der Waals surface area contributed by atoms with Gasteiger partial charge in [0.15, 0.2) is 14.9 Å². The average Bonchev–Trinajstić information content (AvgIpc) is 3.53. The van der Waals surface area contributed by atoms with Crippen LogP contribution in [0.5, 0.6) is 5.75 Å². The first-order valence-electron chi connectivity index (χ1n) is 14.3. The molecular formula is C33H26ClF2N5O4S2. The van der Waals surface area contributed by atoms with Gasteiger partial charge in [-0.1, -0.05) is 29.8 Å². The van der Waals surface area contributed by atoms with Gasteiger partial charge in [0.2, 0.25) is 0 Å². The van der Waals surface area contributed by atoms with Gasteiger partial charge in [0.25, 0.3) is 0 Å². The summed E-state index contributed by atoms with van der Waals surface area (Å²) in [6.07, 6.45) is 3.20. The van der Waals surface area contributed by atoms with Crippen LogP contribution in [0.15, 0.2) is 95.7 Å². The normalized spacial score (nSPS) is 11.6. The maximum Gasteiger partial charge on any atom is 0.197 e. The van der Waals surface area contributed by atoms with Crippen molar-refractivity contribution in [3.8, 4) is 17.0 Å². The molecule has 3 aromatic heterocycles. The fraction of sp³-hybridized carbons (Fsp3) is 0.152. The fourth-order valence-corrected chi connectivity index (χ4v) is 6.68. The third kappa shape index (κ3) is 8.06. The van der Waals surface area contributed by atoms with Gasteiger partial charge >= 0.3 is 0 Å². The van der Waals surface area contributed by atoms with Gasteiger partial charge in [-0.2, -0.15) is 0 Å². The first kappa shape index (κ1) is 32.4. The first-order chi connectivity index (χ1) is 22.7. The molecule has 0 aliphatic rings. The van der Waals surface area contributed by atoms with Gasteiger partial charge < -0.3 is 14.8 Å². The molecule has 9 nitrogen and oxygen atoms in total. The fourth-order valence-electron chi connectivity index (χ4n) is 4.61. The van der Waals surface area contributed by atoms with Crippen molar-refractivity contribution < 1.29 is 26.7 Å². The maximum atomic E-state index is 15.2. The number of anilines is 2. The van der Waals surface area contributed by atoms with E-state index in [1.165, 1.54) is 48.1 Å². The summed E-state index contributed by atoms with van der Waals surface area (Å²) in [5, 5.41) is 6.60. The number of nitrogens with zero attached hydrogens (tertiary/aromatic N) is 4. The minimum absolute atomic E-state index is 0.0138. The van der Waals surface area contributed by atoms with Gasteiger partial charge in [0.05, 0.1) is 40.2 Å². The van der Waals surface area contributed by atoms with Crippen molar-refractivity contribution in [2.24, 2.45) is 0 Å². The van der Waals surface area contributed by atoms with Crippen LogP contribution in [0.3, 0.4) is 0 Å². The number of thiazole rings is 1. The number of pyridine rings is 1. The number of aromatic nitrogens is 4. The second kappa shape index (κ2) is 14.5. The van der Waals surface area contributed by atoms with Gasteiger partial charge in [-0.15, -0.1) is 11.3 Å². The summed E-state index contributed by atoms with van der Waals surface area (Å²) in [6.45, 7) is 0.420. The van der Waals surface area contributed by atoms with Crippen LogP contribution in [0.4, 0.5) is 20.3 Å². The van der Waals surface area contributed by atoms with E-state index in [1.807, 2.05) is 0 Å². The Bertz CT molecular complexity index is 2140. The second-order valence-corrected chi connectivity index (χ2v) is 13.6. The highest BCUT2D eigenvalue weighted by Crippen LogP contribution is 2.34. The van der Waals surface area contributed by atoms with Crippen LogP contribution in [-0.2, 0) is 27.6 Å². The first-order valence-corrected chi connectivity index (χ1v) is 17.2. The smallest absolute Gasteiger partial charge is 0.197 e. The zero-order valence-electron chi connectivity index (χ0n) is 24.6. The number of rotatable bonds is 13. The third-order valence-corrected chi connectivity index (χ3v) is 9.73. The van der Waals surface area contributed by atoms with Crippen LogP contribution in [0, 0.1) is 11.6 Å². The summed E-state index contributed by atoms with van der Waals surface area (Å²) in [4.78, 5) is 17.1. The van der Waals surface area contributed by atoms with Crippen LogP contribution in [0.25, 0.3) is 22.2 Å². The zero-order valence-corrected chi connectivity index (χ0v) is 27.0. The van der Waals surface area contributed by atoms with E-state index in [2.05, 4.69) is 25.3 Å². The molecule has 1 N–H and O–H groups in total. The Hall–Kier alpha value is -4.56. The van der Waals surface area contributed by atoms with Crippen LogP contribution in [-0.4, -0.2) is 47.3 Å². The molecule has 0 atom stereocenters. The number of benzene rings is 3. The Morgan fingerprint density at radius 3 is 2.64 bits per heavy atom. The van der Waals surface area contributed by atoms with Crippen molar-refractivity contribution in [3.05, 3.63) is 118 Å². The van der Waals surface area contributed by atoms with Crippen molar-refractivity contribution in [3.63, 3.8) is 0 Å². The summed E-state index contributed by atoms with van der Waals surface area (Å²) in [5.41, 5.74) is 2.40. The van der Waals surface area contributed by atoms with Crippen LogP contribution < -0.4 is 10.1 Å². The van der Waals surface area contributed by atoms with Gasteiger partial charge in [0, 0.05) is 40.7 Å². The van der Waals surface area contributed by atoms with E-state index < -0.39 is 15.7 Å². The molecule has 0 saturated carbocycles. The van der Waals surface area contributed by atoms with Gasteiger partial charge in [-0.05, 0) is 54.1 Å². The zero-order chi connectivity index (χ0) is 32.8. The molecule has 47 heavy (non-hydrogen) atoms. The molecule has 0 radical (unpaired) electrons. The molecule has 0 spiro atoms. The van der Waals surface area contributed by atoms with E-state index in [9.17, 15) is 12.8 Å². The third-order valence-electron chi connectivity index (χ3n) is 6.94. The summed E-state index contributed by atoms with van der Waals surface area (Å²) in [6, 6.07) is 18.9. The number of nitrogens with one attached hydrogen (secondary N) is 1. The summed E-state index contributed by atoms with van der Waals surface area (Å²) in [5.74, 6) is -0.156. The molecule has 6 aromatic rings. The molecule has 240 valence electrons. The lowest BCUT2D eigenvalue weighted by atomic mass is 10.1. The van der Waals surface area contributed by atoms with Crippen molar-refractivity contribution in [2.75, 3.05) is 24.3 Å². The van der Waals surface area contributed by atoms with E-state index >= 15 is 4.39 Å². The highest BCUT2D eigenvalue weighted by molar-refractivity contribution is 7.91. The number of hydrogen-bond acceptors (Lipinski definition) is 10. The Morgan fingerprint density at radius 1 is 0.936 bits per heavy atom. The minimum Gasteiger partial charge on any atom is -0.487 e. The van der Waals surface area contributed by atoms with Crippen LogP contribution >= 0.6 is 22.9 Å². The molecule has 3 aromatic carbocycles. The summed E-state index contributed by atoms with van der Waals surface area (Å²) in [7, 11) is -3.53. The number of ether oxygens (including phenoxy) is 2. The molecule has 0 aliphatic heterocycles. The van der Waals surface area contributed by atoms with E-state index in [1.54, 1.807) is 53.9 Å². The molecule has 0 fully saturated rings. The Labute approximate surface area is 278 Å². The molecule has 3 heterocycles. The monoisotopic (exact) mass is 693 g/mol. The standard InChI is InChI=1S/C33H26ClF2N5O4S2/c34-26-15-23(7-8-30(26)45-18-21-4-3-5-22(35)14-21)40-33-25-16-24(27(36)17-28(25)38-20-39-33)29-19-46-31(41-29)9-11-44-12-13-47(42,43)32-6-1-2-10-37-32/h1-8,10,14-17,19-20H,9,11-13,18H2,(H,38,39,40). The molecule has 0 bridgehead atoms. The predicted octanol–water partition coefficient (Wildman–Crippen LogP) is 7.44. The maximum absolute atomic E-state index is 15.2. The van der Waals surface area contributed by atoms with Gasteiger partial charge in [-0.3, -0.25) is 0 Å². The Kier molecular flexibility index (Phi) is 9.97. The lowest BCUT2D eigenvalue weighted by molar-refractivity contribution is 0.152. The molecule has 14 heteroatoms. The van der Waals surface area contributed by atoms with Gasteiger partial charge in [-0.25, -0.2) is 37.1 Å². The second-order valence-electron chi connectivity index (χ2n) is 10.2. The van der Waals surface area contributed by atoms with E-state index in [0.29, 0.717) is 55.9 Å². The van der Waals surface area contributed by atoms with E-state index in [4.69, 9.17) is 21.1 Å². The summed E-state index contributed by atoms with van der Waals surface area (Å²) < 4.78 is 64.8. The van der Waals surface area contributed by atoms with Crippen LogP contribution in [0.2, 0.25) is 5.02 Å². The molecule has 0 saturated heterocycles. The highest BCUT2D eigenvalue weighted by atomic mass is 35.5. The van der Waals surface area contributed by atoms with Crippen LogP contribution in [0.1, 0.15) is 10.6 Å². The SMILES string of the molecule is O=S(=O)(CCOCCc1nc(-c2cc3c(Nc4ccc(OCc5cccc(F)c5)c(Cl)c4)ncnc3cc2F)cs1)c1ccccn1. The van der Waals surface area contributed by atoms with Crippen molar-refractivity contribution in [1.82, 2.24) is 19.9 Å². The van der Waals surface area contributed by atoms with E-state index in [-0.39, 0.29) is 42.0 Å². The van der Waals surface area contributed by atoms with Crippen molar-refractivity contribution >= 4 is 55.2 Å². The molecule has 0 aliphatic carbocycles. The van der Waals surface area contributed by atoms with E-state index in [0.717, 1.165) is 0 Å². The van der Waals surface area contributed by atoms with Crippen molar-refractivity contribution in [2.45, 2.75) is 18.1 Å². The molecular weight excluding hydrogens is 668 g/mol. The number of fused-ring (bicyclic) bond motifs is 1. The van der Waals surface area contributed by atoms with Crippen molar-refractivity contribution in [1.29, 1.82) is 0 Å². The number of halogens is 3. The molecule has 0 amide bonds. The number of hydrogen-bond donors (Lipinski definition) is 1. The Morgan fingerprint density at radius 2 is 1.83 bits per heavy atom. The van der Waals surface area contributed by atoms with Gasteiger partial charge in [0.1, 0.15) is 36.1 Å². The lowest BCUT2D eigenvalue weighted by Gasteiger charge is -2.12. The number of sulfone groups is 1. The quantitative estimate of drug-likeness (QED) is 0.123. The highest BCUT2D eigenvalue weighted by Gasteiger charge is 2.17. The average molecular weight is 694 g/mol.